The van der Waals surface area contributed by atoms with E-state index in [2.05, 4.69) is 0 Å². The van der Waals surface area contributed by atoms with Gasteiger partial charge in [-0.2, -0.15) is 0 Å². The van der Waals surface area contributed by atoms with Gasteiger partial charge in [-0.3, -0.25) is 9.59 Å². The SMILES string of the molecule is O=CC(=O)O.O=CC(=O)O.[Co]. The zero-order valence-corrected chi connectivity index (χ0v) is 6.06. The fraction of sp³-hybridized carbons (Fsp3) is 0. The maximum Gasteiger partial charge on any atom is 0.368 e. The van der Waals surface area contributed by atoms with E-state index in [1.54, 1.807) is 0 Å². The largest absolute Gasteiger partial charge is 0.476 e. The second kappa shape index (κ2) is 11.6. The van der Waals surface area contributed by atoms with E-state index < -0.39 is 11.9 Å². The molecule has 65 valence electrons. The smallest absolute Gasteiger partial charge is 0.368 e. The van der Waals surface area contributed by atoms with Gasteiger partial charge in [0.25, 0.3) is 0 Å². The third-order valence-electron chi connectivity index (χ3n) is 0.202. The average Bonchev–Trinajstić information content (AvgIpc) is 1.89. The molecule has 0 spiro atoms. The molecule has 0 bridgehead atoms. The summed E-state index contributed by atoms with van der Waals surface area (Å²) >= 11 is 0. The molecular weight excluding hydrogens is 203 g/mol. The topological polar surface area (TPSA) is 109 Å². The molecule has 0 aromatic carbocycles. The van der Waals surface area contributed by atoms with Gasteiger partial charge in [0.15, 0.2) is 0 Å². The first kappa shape index (κ1) is 16.4. The molecule has 0 rings (SSSR count). The van der Waals surface area contributed by atoms with E-state index in [0.29, 0.717) is 0 Å². The van der Waals surface area contributed by atoms with Crippen LogP contribution in [0.5, 0.6) is 0 Å². The van der Waals surface area contributed by atoms with Crippen molar-refractivity contribution in [3.8, 4) is 0 Å². The Balaban J connectivity index is -0.000000107. The molecule has 2 N–H and O–H groups in total. The van der Waals surface area contributed by atoms with Crippen LogP contribution in [-0.4, -0.2) is 34.7 Å². The predicted octanol–water partition coefficient (Wildman–Crippen LogP) is -1.46. The van der Waals surface area contributed by atoms with Crippen molar-refractivity contribution in [2.45, 2.75) is 0 Å². The van der Waals surface area contributed by atoms with Gasteiger partial charge in [-0.25, -0.2) is 9.59 Å². The van der Waals surface area contributed by atoms with E-state index in [1.165, 1.54) is 0 Å². The van der Waals surface area contributed by atoms with Crippen LogP contribution in [0.1, 0.15) is 0 Å². The van der Waals surface area contributed by atoms with Crippen molar-refractivity contribution in [2.24, 2.45) is 0 Å². The van der Waals surface area contributed by atoms with Crippen LogP contribution in [0.2, 0.25) is 0 Å². The zero-order valence-electron chi connectivity index (χ0n) is 5.02. The number of aliphatic carboxylic acids is 2. The number of carboxylic acids is 2. The molecule has 0 aliphatic carbocycles. The number of rotatable bonds is 2. The molecule has 0 saturated heterocycles. The van der Waals surface area contributed by atoms with Crippen molar-refractivity contribution < 1.29 is 46.2 Å². The second-order valence-electron chi connectivity index (χ2n) is 0.912. The first-order valence-electron chi connectivity index (χ1n) is 1.90. The van der Waals surface area contributed by atoms with Gasteiger partial charge in [-0.05, 0) is 0 Å². The van der Waals surface area contributed by atoms with E-state index in [4.69, 9.17) is 29.4 Å². The molecule has 0 aromatic heterocycles. The van der Waals surface area contributed by atoms with Gasteiger partial charge >= 0.3 is 11.9 Å². The fourth-order valence-corrected chi connectivity index (χ4v) is 0. The monoisotopic (exact) mass is 207 g/mol. The first-order chi connectivity index (χ1) is 4.54. The summed E-state index contributed by atoms with van der Waals surface area (Å²) in [6.45, 7) is 0. The molecule has 1 radical (unpaired) electrons. The second-order valence-corrected chi connectivity index (χ2v) is 0.912. The van der Waals surface area contributed by atoms with Crippen molar-refractivity contribution >= 4 is 24.5 Å². The summed E-state index contributed by atoms with van der Waals surface area (Å²) in [5.41, 5.74) is 0. The van der Waals surface area contributed by atoms with Crippen molar-refractivity contribution in [3.05, 3.63) is 0 Å². The molecule has 0 atom stereocenters. The summed E-state index contributed by atoms with van der Waals surface area (Å²) in [6, 6.07) is 0. The van der Waals surface area contributed by atoms with Crippen molar-refractivity contribution in [2.75, 3.05) is 0 Å². The van der Waals surface area contributed by atoms with Crippen LogP contribution < -0.4 is 0 Å². The molecule has 0 saturated carbocycles. The Kier molecular flexibility index (Phi) is 17.2. The van der Waals surface area contributed by atoms with E-state index >= 15 is 0 Å². The van der Waals surface area contributed by atoms with E-state index in [0.717, 1.165) is 0 Å². The minimum absolute atomic E-state index is 0. The quantitative estimate of drug-likeness (QED) is 0.423. The molecule has 0 aromatic rings. The summed E-state index contributed by atoms with van der Waals surface area (Å²) in [6.07, 6.45) is -0.333. The van der Waals surface area contributed by atoms with E-state index in [-0.39, 0.29) is 29.4 Å². The predicted molar refractivity (Wildman–Crippen MR) is 27.4 cm³/mol. The van der Waals surface area contributed by atoms with Crippen LogP contribution in [0.25, 0.3) is 0 Å². The number of carboxylic acid groups (broad SMARTS) is 2. The van der Waals surface area contributed by atoms with Gasteiger partial charge in [0, 0.05) is 16.8 Å². The maximum absolute atomic E-state index is 9.00. The first-order valence-corrected chi connectivity index (χ1v) is 1.90. The van der Waals surface area contributed by atoms with Gasteiger partial charge < -0.3 is 10.2 Å². The van der Waals surface area contributed by atoms with Crippen LogP contribution in [-0.2, 0) is 36.0 Å². The molecule has 0 fully saturated rings. The maximum atomic E-state index is 9.00. The van der Waals surface area contributed by atoms with Crippen LogP contribution >= 0.6 is 0 Å². The fourth-order valence-electron chi connectivity index (χ4n) is 0. The van der Waals surface area contributed by atoms with E-state index in [9.17, 15) is 0 Å². The molecule has 0 aliphatic rings. The molecule has 6 nitrogen and oxygen atoms in total. The summed E-state index contributed by atoms with van der Waals surface area (Å²) in [7, 11) is 0. The van der Waals surface area contributed by atoms with Crippen LogP contribution in [0, 0.1) is 0 Å². The number of carbonyl (C=O) groups excluding carboxylic acids is 2. The van der Waals surface area contributed by atoms with Gasteiger partial charge in [-0.15, -0.1) is 0 Å². The third-order valence-corrected chi connectivity index (χ3v) is 0.202. The van der Waals surface area contributed by atoms with Gasteiger partial charge in [0.05, 0.1) is 0 Å². The number of aldehydes is 2. The van der Waals surface area contributed by atoms with Crippen molar-refractivity contribution in [1.29, 1.82) is 0 Å². The van der Waals surface area contributed by atoms with Crippen molar-refractivity contribution in [1.82, 2.24) is 0 Å². The standard InChI is InChI=1S/2C2H2O3.Co/c2*3-1-2(4)5;/h2*1H,(H,4,5);. The van der Waals surface area contributed by atoms with Crippen LogP contribution in [0.15, 0.2) is 0 Å². The van der Waals surface area contributed by atoms with E-state index in [1.807, 2.05) is 0 Å². The Bertz CT molecular complexity index is 135. The Hall–Kier alpha value is -1.21. The molecule has 0 heterocycles. The Morgan fingerprint density at radius 1 is 0.909 bits per heavy atom. The summed E-state index contributed by atoms with van der Waals surface area (Å²) in [5, 5.41) is 14.7. The normalized spacial score (nSPS) is 5.82. The van der Waals surface area contributed by atoms with Gasteiger partial charge in [-0.1, -0.05) is 0 Å². The number of carbonyl (C=O) groups is 4. The van der Waals surface area contributed by atoms with Crippen molar-refractivity contribution in [3.63, 3.8) is 0 Å². The van der Waals surface area contributed by atoms with Crippen LogP contribution in [0.4, 0.5) is 0 Å². The Morgan fingerprint density at radius 2 is 1.00 bits per heavy atom. The molecule has 0 amide bonds. The molecule has 0 unspecified atom stereocenters. The summed E-state index contributed by atoms with van der Waals surface area (Å²) < 4.78 is 0. The zero-order chi connectivity index (χ0) is 8.57. The van der Waals surface area contributed by atoms with Gasteiger partial charge in [0.1, 0.15) is 0 Å². The number of hydrogen-bond donors (Lipinski definition) is 2. The van der Waals surface area contributed by atoms with Crippen LogP contribution in [0.3, 0.4) is 0 Å². The summed E-state index contributed by atoms with van der Waals surface area (Å²) in [5.74, 6) is -2.85. The third kappa shape index (κ3) is 52.1. The molecule has 0 aliphatic heterocycles. The Labute approximate surface area is 71.4 Å². The Morgan fingerprint density at radius 3 is 1.00 bits per heavy atom. The summed E-state index contributed by atoms with van der Waals surface area (Å²) in [4.78, 5) is 35.8. The average molecular weight is 207 g/mol. The molecule has 7 heteroatoms. The molecule has 11 heavy (non-hydrogen) atoms. The minimum Gasteiger partial charge on any atom is -0.476 e. The van der Waals surface area contributed by atoms with Gasteiger partial charge in [0.2, 0.25) is 12.6 Å². The minimum atomic E-state index is -1.43. The number of hydrogen-bond acceptors (Lipinski definition) is 4. The molecular formula is C4H4CoO6.